The number of aliphatic hydroxyl groups is 1. The molecule has 0 spiro atoms. The van der Waals surface area contributed by atoms with E-state index in [0.717, 1.165) is 31.5 Å². The summed E-state index contributed by atoms with van der Waals surface area (Å²) in [6.07, 6.45) is 1.52. The van der Waals surface area contributed by atoms with E-state index >= 15 is 0 Å². The first kappa shape index (κ1) is 20.1. The highest BCUT2D eigenvalue weighted by Crippen LogP contribution is 2.49. The molecule has 0 amide bonds. The lowest BCUT2D eigenvalue weighted by Gasteiger charge is -2.27. The third-order valence-electron chi connectivity index (χ3n) is 6.70. The number of phenols is 1. The summed E-state index contributed by atoms with van der Waals surface area (Å²) >= 11 is 0. The molecule has 1 heterocycles. The molecule has 0 radical (unpaired) electrons. The van der Waals surface area contributed by atoms with Crippen LogP contribution in [0.3, 0.4) is 0 Å². The van der Waals surface area contributed by atoms with Crippen molar-refractivity contribution >= 4 is 5.78 Å². The summed E-state index contributed by atoms with van der Waals surface area (Å²) in [7, 11) is 0. The van der Waals surface area contributed by atoms with Crippen LogP contribution >= 0.6 is 0 Å². The average molecular weight is 394 g/mol. The van der Waals surface area contributed by atoms with Gasteiger partial charge in [0.1, 0.15) is 5.75 Å². The van der Waals surface area contributed by atoms with E-state index in [-0.39, 0.29) is 16.9 Å². The zero-order valence-electron chi connectivity index (χ0n) is 17.6. The predicted molar refractivity (Wildman–Crippen MR) is 114 cm³/mol. The molecule has 29 heavy (non-hydrogen) atoms. The third-order valence-corrected chi connectivity index (χ3v) is 6.70. The first-order valence-electron chi connectivity index (χ1n) is 10.5. The standard InChI is InChI=1S/C25H31NO3/c1-24(2,3)20-6-8-21(9-7-20)25(29)12-18-14-26(15-19(18)13-25)16-23(28)17-4-10-22(27)11-5-17/h4-11,18-19,27,29H,12-16H2,1-3H3/t18-,19+,25-. The molecule has 2 aliphatic rings. The maximum Gasteiger partial charge on any atom is 0.176 e. The number of hydrogen-bond donors (Lipinski definition) is 2. The number of carbonyl (C=O) groups excluding carboxylic acids is 1. The molecule has 2 aromatic carbocycles. The van der Waals surface area contributed by atoms with Gasteiger partial charge in [0.25, 0.3) is 0 Å². The number of hydrogen-bond acceptors (Lipinski definition) is 4. The SMILES string of the molecule is CC(C)(C)c1ccc([C@]2(O)C[C@H]3CN(CC(=O)c4ccc(O)cc4)C[C@H]3C2)cc1. The zero-order chi connectivity index (χ0) is 20.8. The van der Waals surface area contributed by atoms with E-state index in [2.05, 4.69) is 49.9 Å². The van der Waals surface area contributed by atoms with Gasteiger partial charge >= 0.3 is 0 Å². The number of phenolic OH excluding ortho intramolecular Hbond substituents is 1. The molecular formula is C25H31NO3. The van der Waals surface area contributed by atoms with Gasteiger partial charge in [0.2, 0.25) is 0 Å². The normalized spacial score (nSPS) is 27.2. The summed E-state index contributed by atoms with van der Waals surface area (Å²) in [6.45, 7) is 8.71. The van der Waals surface area contributed by atoms with E-state index in [4.69, 9.17) is 0 Å². The van der Waals surface area contributed by atoms with Crippen LogP contribution in [-0.4, -0.2) is 40.5 Å². The number of Topliss-reactive ketones (excluding diaryl/α,β-unsaturated/α-hetero) is 1. The van der Waals surface area contributed by atoms with E-state index < -0.39 is 5.60 Å². The lowest BCUT2D eigenvalue weighted by Crippen LogP contribution is -2.31. The summed E-state index contributed by atoms with van der Waals surface area (Å²) in [5.74, 6) is 1.11. The van der Waals surface area contributed by atoms with E-state index in [1.165, 1.54) is 5.56 Å². The Morgan fingerprint density at radius 2 is 1.55 bits per heavy atom. The molecule has 0 bridgehead atoms. The van der Waals surface area contributed by atoms with Crippen LogP contribution in [0.1, 0.15) is 55.1 Å². The maximum atomic E-state index is 12.5. The van der Waals surface area contributed by atoms with Gasteiger partial charge in [0, 0.05) is 18.7 Å². The average Bonchev–Trinajstić information content (AvgIpc) is 3.16. The quantitative estimate of drug-likeness (QED) is 0.768. The van der Waals surface area contributed by atoms with Crippen LogP contribution in [0.2, 0.25) is 0 Å². The highest BCUT2D eigenvalue weighted by molar-refractivity contribution is 5.97. The fourth-order valence-corrected chi connectivity index (χ4v) is 5.04. The second kappa shape index (κ2) is 7.26. The molecule has 2 aromatic rings. The summed E-state index contributed by atoms with van der Waals surface area (Å²) in [4.78, 5) is 14.7. The van der Waals surface area contributed by atoms with Crippen molar-refractivity contribution in [3.05, 3.63) is 65.2 Å². The molecule has 154 valence electrons. The number of likely N-dealkylation sites (tertiary alicyclic amines) is 1. The van der Waals surface area contributed by atoms with Crippen molar-refractivity contribution in [2.75, 3.05) is 19.6 Å². The molecule has 1 aliphatic heterocycles. The Hall–Kier alpha value is -2.17. The minimum Gasteiger partial charge on any atom is -0.508 e. The molecule has 4 heteroatoms. The number of rotatable bonds is 4. The maximum absolute atomic E-state index is 12.5. The van der Waals surface area contributed by atoms with Gasteiger partial charge < -0.3 is 10.2 Å². The summed E-state index contributed by atoms with van der Waals surface area (Å²) < 4.78 is 0. The fraction of sp³-hybridized carbons (Fsp3) is 0.480. The Balaban J connectivity index is 1.38. The molecule has 4 rings (SSSR count). The van der Waals surface area contributed by atoms with Gasteiger partial charge in [-0.15, -0.1) is 0 Å². The largest absolute Gasteiger partial charge is 0.508 e. The van der Waals surface area contributed by atoms with E-state index in [0.29, 0.717) is 23.9 Å². The van der Waals surface area contributed by atoms with Gasteiger partial charge in [-0.05, 0) is 65.5 Å². The molecule has 1 saturated carbocycles. The lowest BCUT2D eigenvalue weighted by atomic mass is 9.84. The molecule has 0 aromatic heterocycles. The van der Waals surface area contributed by atoms with E-state index in [1.807, 2.05) is 0 Å². The molecule has 1 aliphatic carbocycles. The van der Waals surface area contributed by atoms with Gasteiger partial charge in [-0.1, -0.05) is 45.0 Å². The Labute approximate surface area is 173 Å². The van der Waals surface area contributed by atoms with Crippen LogP contribution < -0.4 is 0 Å². The Kier molecular flexibility index (Phi) is 5.04. The van der Waals surface area contributed by atoms with Crippen molar-refractivity contribution in [2.24, 2.45) is 11.8 Å². The van der Waals surface area contributed by atoms with Crippen molar-refractivity contribution in [3.63, 3.8) is 0 Å². The van der Waals surface area contributed by atoms with Gasteiger partial charge in [0.05, 0.1) is 12.1 Å². The summed E-state index contributed by atoms with van der Waals surface area (Å²) in [5, 5.41) is 20.7. The second-order valence-corrected chi connectivity index (χ2v) is 9.95. The highest BCUT2D eigenvalue weighted by Gasteiger charge is 2.49. The number of fused-ring (bicyclic) bond motifs is 1. The smallest absolute Gasteiger partial charge is 0.176 e. The van der Waals surface area contributed by atoms with Gasteiger partial charge in [-0.3, -0.25) is 9.69 Å². The summed E-state index contributed by atoms with van der Waals surface area (Å²) in [5.41, 5.74) is 2.29. The van der Waals surface area contributed by atoms with Crippen LogP contribution in [0.15, 0.2) is 48.5 Å². The molecule has 0 unspecified atom stereocenters. The monoisotopic (exact) mass is 393 g/mol. The fourth-order valence-electron chi connectivity index (χ4n) is 5.04. The molecule has 3 atom stereocenters. The lowest BCUT2D eigenvalue weighted by molar-refractivity contribution is 0.0315. The van der Waals surface area contributed by atoms with Crippen LogP contribution in [0.5, 0.6) is 5.75 Å². The van der Waals surface area contributed by atoms with E-state index in [1.54, 1.807) is 24.3 Å². The number of benzene rings is 2. The summed E-state index contributed by atoms with van der Waals surface area (Å²) in [6, 6.07) is 14.9. The molecule has 2 fully saturated rings. The number of nitrogens with zero attached hydrogens (tertiary/aromatic N) is 1. The van der Waals surface area contributed by atoms with Gasteiger partial charge in [-0.2, -0.15) is 0 Å². The van der Waals surface area contributed by atoms with Gasteiger partial charge in [-0.25, -0.2) is 0 Å². The van der Waals surface area contributed by atoms with Crippen LogP contribution in [-0.2, 0) is 11.0 Å². The van der Waals surface area contributed by atoms with Crippen molar-refractivity contribution in [2.45, 2.75) is 44.6 Å². The molecule has 2 N–H and O–H groups in total. The topological polar surface area (TPSA) is 60.8 Å². The first-order valence-corrected chi connectivity index (χ1v) is 10.5. The number of ketones is 1. The number of aromatic hydroxyl groups is 1. The van der Waals surface area contributed by atoms with Crippen LogP contribution in [0.4, 0.5) is 0 Å². The van der Waals surface area contributed by atoms with Crippen molar-refractivity contribution in [1.82, 2.24) is 4.90 Å². The Morgan fingerprint density at radius 3 is 2.07 bits per heavy atom. The van der Waals surface area contributed by atoms with E-state index in [9.17, 15) is 15.0 Å². The Bertz CT molecular complexity index is 866. The Morgan fingerprint density at radius 1 is 1.00 bits per heavy atom. The predicted octanol–water partition coefficient (Wildman–Crippen LogP) is 4.10. The molecule has 1 saturated heterocycles. The number of carbonyl (C=O) groups is 1. The minimum absolute atomic E-state index is 0.0815. The third kappa shape index (κ3) is 4.10. The molecule has 4 nitrogen and oxygen atoms in total. The minimum atomic E-state index is -0.751. The van der Waals surface area contributed by atoms with Gasteiger partial charge in [0.15, 0.2) is 5.78 Å². The zero-order valence-corrected chi connectivity index (χ0v) is 17.6. The van der Waals surface area contributed by atoms with Crippen LogP contribution in [0.25, 0.3) is 0 Å². The van der Waals surface area contributed by atoms with Crippen molar-refractivity contribution in [3.8, 4) is 5.75 Å². The second-order valence-electron chi connectivity index (χ2n) is 9.95. The van der Waals surface area contributed by atoms with Crippen molar-refractivity contribution in [1.29, 1.82) is 0 Å². The van der Waals surface area contributed by atoms with Crippen LogP contribution in [0, 0.1) is 11.8 Å². The molecular weight excluding hydrogens is 362 g/mol. The van der Waals surface area contributed by atoms with Crippen molar-refractivity contribution < 1.29 is 15.0 Å². The first-order chi connectivity index (χ1) is 13.6. The highest BCUT2D eigenvalue weighted by atomic mass is 16.3.